The molecular weight excluding hydrogens is 466 g/mol. The molecule has 0 saturated heterocycles. The van der Waals surface area contributed by atoms with Gasteiger partial charge in [0.1, 0.15) is 29.0 Å². The fraction of sp³-hybridized carbons (Fsp3) is 0.720. The van der Waals surface area contributed by atoms with E-state index in [0.717, 1.165) is 0 Å². The largest absolute Gasteiger partial charge is 0.458 e. The molecule has 2 atom stereocenters. The quantitative estimate of drug-likeness (QED) is 0.246. The fourth-order valence-corrected chi connectivity index (χ4v) is 3.27. The highest BCUT2D eigenvalue weighted by Crippen LogP contribution is 2.15. The smallest absolute Gasteiger partial charge is 0.329 e. The van der Waals surface area contributed by atoms with Gasteiger partial charge in [0.25, 0.3) is 11.8 Å². The minimum absolute atomic E-state index is 0.0906. The summed E-state index contributed by atoms with van der Waals surface area (Å²) in [4.78, 5) is 58.1. The molecular formula is C25H43N5O6. The summed E-state index contributed by atoms with van der Waals surface area (Å²) in [6.07, 6.45) is 3.14. The van der Waals surface area contributed by atoms with E-state index in [1.807, 2.05) is 13.8 Å². The van der Waals surface area contributed by atoms with Crippen molar-refractivity contribution in [2.24, 2.45) is 11.7 Å². The number of esters is 2. The Morgan fingerprint density at radius 1 is 0.917 bits per heavy atom. The van der Waals surface area contributed by atoms with Gasteiger partial charge in [-0.2, -0.15) is 0 Å². The molecule has 0 fully saturated rings. The number of imidazole rings is 1. The molecule has 2 amide bonds. The van der Waals surface area contributed by atoms with E-state index >= 15 is 0 Å². The van der Waals surface area contributed by atoms with Crippen LogP contribution in [-0.4, -0.2) is 63.6 Å². The summed E-state index contributed by atoms with van der Waals surface area (Å²) in [7, 11) is 0. The van der Waals surface area contributed by atoms with Crippen LogP contribution in [0.15, 0.2) is 6.33 Å². The van der Waals surface area contributed by atoms with E-state index in [1.165, 1.54) is 6.33 Å². The van der Waals surface area contributed by atoms with Crippen molar-refractivity contribution < 1.29 is 28.7 Å². The first-order chi connectivity index (χ1) is 16.5. The van der Waals surface area contributed by atoms with Gasteiger partial charge in [-0.1, -0.05) is 13.8 Å². The number of nitrogens with zero attached hydrogens (tertiary/aromatic N) is 1. The second-order valence-electron chi connectivity index (χ2n) is 11.2. The molecule has 0 spiro atoms. The number of amides is 2. The molecule has 1 aromatic heterocycles. The Morgan fingerprint density at radius 3 is 1.94 bits per heavy atom. The van der Waals surface area contributed by atoms with Gasteiger partial charge < -0.3 is 30.8 Å². The number of nitrogens with one attached hydrogen (secondary N) is 3. The van der Waals surface area contributed by atoms with Crippen molar-refractivity contribution in [2.45, 2.75) is 104 Å². The molecule has 0 bridgehead atoms. The molecule has 5 N–H and O–H groups in total. The maximum Gasteiger partial charge on any atom is 0.329 e. The van der Waals surface area contributed by atoms with Gasteiger partial charge in [0.2, 0.25) is 0 Å². The van der Waals surface area contributed by atoms with Crippen molar-refractivity contribution in [3.63, 3.8) is 0 Å². The van der Waals surface area contributed by atoms with Gasteiger partial charge in [0.05, 0.1) is 6.33 Å². The third-order valence-electron chi connectivity index (χ3n) is 4.73. The third kappa shape index (κ3) is 11.2. The van der Waals surface area contributed by atoms with Crippen molar-refractivity contribution in [2.75, 3.05) is 6.54 Å². The zero-order chi connectivity index (χ0) is 27.7. The average Bonchev–Trinajstić information content (AvgIpc) is 3.20. The summed E-state index contributed by atoms with van der Waals surface area (Å²) in [6, 6.07) is -1.85. The maximum atomic E-state index is 13.0. The van der Waals surface area contributed by atoms with Crippen molar-refractivity contribution in [1.82, 2.24) is 20.6 Å². The maximum absolute atomic E-state index is 13.0. The van der Waals surface area contributed by atoms with Crippen LogP contribution in [0.3, 0.4) is 0 Å². The van der Waals surface area contributed by atoms with Gasteiger partial charge in [-0.05, 0) is 79.7 Å². The van der Waals surface area contributed by atoms with Crippen LogP contribution in [0.2, 0.25) is 0 Å². The zero-order valence-electron chi connectivity index (χ0n) is 22.8. The lowest BCUT2D eigenvalue weighted by molar-refractivity contribution is -0.158. The molecule has 204 valence electrons. The predicted molar refractivity (Wildman–Crippen MR) is 135 cm³/mol. The molecule has 0 aliphatic heterocycles. The molecule has 0 aliphatic rings. The molecule has 1 aromatic rings. The molecule has 1 heterocycles. The van der Waals surface area contributed by atoms with Gasteiger partial charge >= 0.3 is 11.9 Å². The highest BCUT2D eigenvalue weighted by Gasteiger charge is 2.32. The Hall–Kier alpha value is -2.95. The highest BCUT2D eigenvalue weighted by molar-refractivity contribution is 6.06. The number of hydrogen-bond donors (Lipinski definition) is 4. The van der Waals surface area contributed by atoms with Crippen LogP contribution in [0, 0.1) is 5.92 Å². The molecule has 0 saturated carbocycles. The van der Waals surface area contributed by atoms with E-state index in [4.69, 9.17) is 15.2 Å². The number of carbonyl (C=O) groups excluding carboxylic acids is 4. The first-order valence-electron chi connectivity index (χ1n) is 12.3. The lowest BCUT2D eigenvalue weighted by atomic mass is 10.0. The van der Waals surface area contributed by atoms with Crippen LogP contribution in [0.1, 0.15) is 102 Å². The van der Waals surface area contributed by atoms with E-state index in [-0.39, 0.29) is 17.3 Å². The lowest BCUT2D eigenvalue weighted by Gasteiger charge is -2.25. The normalized spacial score (nSPS) is 13.6. The van der Waals surface area contributed by atoms with E-state index in [2.05, 4.69) is 20.6 Å². The first-order valence-corrected chi connectivity index (χ1v) is 12.3. The molecule has 2 unspecified atom stereocenters. The Morgan fingerprint density at radius 2 is 1.44 bits per heavy atom. The number of nitrogens with two attached hydrogens (primary N) is 1. The van der Waals surface area contributed by atoms with Gasteiger partial charge in [-0.25, -0.2) is 14.6 Å². The van der Waals surface area contributed by atoms with Crippen molar-refractivity contribution >= 4 is 23.8 Å². The van der Waals surface area contributed by atoms with Crippen molar-refractivity contribution in [3.8, 4) is 0 Å². The summed E-state index contributed by atoms with van der Waals surface area (Å²) >= 11 is 0. The lowest BCUT2D eigenvalue weighted by Crippen LogP contribution is -2.46. The predicted octanol–water partition coefficient (Wildman–Crippen LogP) is 2.47. The standard InChI is InChI=1S/C25H43N5O6/c1-15(2)13-17(23(34)36-25(6,7)8)30-21(32)19-18(27-14-28-19)20(31)29-16(11-9-10-12-26)22(33)35-24(3,4)5/h14-17H,9-13,26H2,1-8H3,(H,27,28)(H,29,31)(H,30,32). The second-order valence-corrected chi connectivity index (χ2v) is 11.2. The molecule has 0 aromatic carbocycles. The van der Waals surface area contributed by atoms with E-state index in [9.17, 15) is 19.2 Å². The number of hydrogen-bond acceptors (Lipinski definition) is 8. The minimum atomic E-state index is -0.932. The summed E-state index contributed by atoms with van der Waals surface area (Å²) in [5.74, 6) is -2.47. The highest BCUT2D eigenvalue weighted by atomic mass is 16.6. The number of carbonyl (C=O) groups is 4. The summed E-state index contributed by atoms with van der Waals surface area (Å²) in [5, 5.41) is 5.27. The topological polar surface area (TPSA) is 165 Å². The molecule has 11 heteroatoms. The van der Waals surface area contributed by atoms with Gasteiger partial charge in [0, 0.05) is 0 Å². The molecule has 0 radical (unpaired) electrons. The number of aromatic nitrogens is 2. The Labute approximate surface area is 213 Å². The van der Waals surface area contributed by atoms with E-state index in [1.54, 1.807) is 41.5 Å². The summed E-state index contributed by atoms with van der Waals surface area (Å²) < 4.78 is 10.9. The van der Waals surface area contributed by atoms with E-state index < -0.39 is 47.0 Å². The minimum Gasteiger partial charge on any atom is -0.458 e. The van der Waals surface area contributed by atoms with Crippen molar-refractivity contribution in [3.05, 3.63) is 17.7 Å². The van der Waals surface area contributed by atoms with Crippen LogP contribution < -0.4 is 16.4 Å². The Kier molecular flexibility index (Phi) is 11.6. The monoisotopic (exact) mass is 509 g/mol. The Bertz CT molecular complexity index is 897. The fourth-order valence-electron chi connectivity index (χ4n) is 3.27. The van der Waals surface area contributed by atoms with Crippen molar-refractivity contribution in [1.29, 1.82) is 0 Å². The van der Waals surface area contributed by atoms with Crippen LogP contribution in [0.5, 0.6) is 0 Å². The molecule has 36 heavy (non-hydrogen) atoms. The number of rotatable bonds is 12. The third-order valence-corrected chi connectivity index (χ3v) is 4.73. The molecule has 11 nitrogen and oxygen atoms in total. The van der Waals surface area contributed by atoms with Gasteiger partial charge in [-0.15, -0.1) is 0 Å². The van der Waals surface area contributed by atoms with Crippen LogP contribution >= 0.6 is 0 Å². The van der Waals surface area contributed by atoms with Gasteiger partial charge in [0.15, 0.2) is 5.69 Å². The second kappa shape index (κ2) is 13.4. The number of aromatic amines is 1. The number of ether oxygens (including phenoxy) is 2. The average molecular weight is 510 g/mol. The molecule has 0 aliphatic carbocycles. The van der Waals surface area contributed by atoms with E-state index in [0.29, 0.717) is 32.2 Å². The van der Waals surface area contributed by atoms with Crippen LogP contribution in [-0.2, 0) is 19.1 Å². The SMILES string of the molecule is CC(C)CC(NC(=O)c1nc[nH]c1C(=O)NC(CCCCN)C(=O)OC(C)(C)C)C(=O)OC(C)(C)C. The van der Waals surface area contributed by atoms with Crippen LogP contribution in [0.4, 0.5) is 0 Å². The summed E-state index contributed by atoms with van der Waals surface area (Å²) in [5.41, 5.74) is 3.76. The van der Waals surface area contributed by atoms with Crippen LogP contribution in [0.25, 0.3) is 0 Å². The Balaban J connectivity index is 3.06. The summed E-state index contributed by atoms with van der Waals surface area (Å²) in [6.45, 7) is 14.7. The number of unbranched alkanes of at least 4 members (excludes halogenated alkanes) is 1. The number of H-pyrrole nitrogens is 1. The zero-order valence-corrected chi connectivity index (χ0v) is 22.8. The molecule has 1 rings (SSSR count). The first kappa shape index (κ1) is 31.1. The van der Waals surface area contributed by atoms with Gasteiger partial charge in [-0.3, -0.25) is 9.59 Å².